The van der Waals surface area contributed by atoms with Crippen molar-refractivity contribution in [2.24, 2.45) is 0 Å². The lowest BCUT2D eigenvalue weighted by molar-refractivity contribution is -0.169. The van der Waals surface area contributed by atoms with Crippen molar-refractivity contribution >= 4 is 28.5 Å². The van der Waals surface area contributed by atoms with Gasteiger partial charge in [0.15, 0.2) is 0 Å². The highest BCUT2D eigenvalue weighted by atomic mass is 127. The summed E-state index contributed by atoms with van der Waals surface area (Å²) in [6.45, 7) is 3.68. The molecule has 0 aromatic carbocycles. The first-order valence-electron chi connectivity index (χ1n) is 2.90. The maximum atomic E-state index is 11.2. The minimum Gasteiger partial charge on any atom is -0.275 e. The molecule has 0 saturated carbocycles. The number of hydroxylamine groups is 2. The largest absolute Gasteiger partial charge is 0.275 e. The number of alkyl halides is 1. The number of hydrogen-bond donors (Lipinski definition) is 0. The van der Waals surface area contributed by atoms with E-state index in [2.05, 4.69) is 22.6 Å². The van der Waals surface area contributed by atoms with Gasteiger partial charge in [-0.3, -0.25) is 9.63 Å². The van der Waals surface area contributed by atoms with Crippen LogP contribution in [0.3, 0.4) is 0 Å². The van der Waals surface area contributed by atoms with Gasteiger partial charge in [-0.2, -0.15) is 0 Å². The number of rotatable bonds is 2. The lowest BCUT2D eigenvalue weighted by atomic mass is 10.2. The van der Waals surface area contributed by atoms with Gasteiger partial charge < -0.3 is 0 Å². The first-order valence-corrected chi connectivity index (χ1v) is 3.98. The molecule has 0 spiro atoms. The second-order valence-electron chi connectivity index (χ2n) is 2.46. The average molecular weight is 257 g/mol. The topological polar surface area (TPSA) is 29.5 Å². The van der Waals surface area contributed by atoms with Crippen LogP contribution in [0, 0.1) is 0 Å². The van der Waals surface area contributed by atoms with Gasteiger partial charge in [0, 0.05) is 7.05 Å². The van der Waals surface area contributed by atoms with Gasteiger partial charge >= 0.3 is 0 Å². The molecule has 0 rings (SSSR count). The van der Waals surface area contributed by atoms with Gasteiger partial charge in [-0.05, 0) is 13.8 Å². The van der Waals surface area contributed by atoms with Gasteiger partial charge in [-0.15, -0.1) is 0 Å². The van der Waals surface area contributed by atoms with Gasteiger partial charge in [0.25, 0.3) is 5.91 Å². The molecule has 3 nitrogen and oxygen atoms in total. The molecule has 4 heteroatoms. The van der Waals surface area contributed by atoms with Crippen molar-refractivity contribution in [3.05, 3.63) is 0 Å². The lowest BCUT2D eigenvalue weighted by Gasteiger charge is -2.21. The van der Waals surface area contributed by atoms with Crippen LogP contribution >= 0.6 is 22.6 Å². The van der Waals surface area contributed by atoms with E-state index in [1.165, 1.54) is 12.2 Å². The van der Waals surface area contributed by atoms with Crippen molar-refractivity contribution < 1.29 is 9.63 Å². The van der Waals surface area contributed by atoms with E-state index in [1.807, 2.05) is 13.8 Å². The van der Waals surface area contributed by atoms with E-state index < -0.39 is 0 Å². The molecule has 0 radical (unpaired) electrons. The van der Waals surface area contributed by atoms with Crippen molar-refractivity contribution in [3.63, 3.8) is 0 Å². The Morgan fingerprint density at radius 3 is 2.10 bits per heavy atom. The minimum absolute atomic E-state index is 0.0319. The zero-order valence-corrected chi connectivity index (χ0v) is 8.80. The van der Waals surface area contributed by atoms with Crippen LogP contribution in [0.15, 0.2) is 0 Å². The molecule has 0 aliphatic heterocycles. The number of halogens is 1. The summed E-state index contributed by atoms with van der Waals surface area (Å²) >= 11 is 2.07. The predicted molar refractivity (Wildman–Crippen MR) is 47.9 cm³/mol. The fourth-order valence-corrected chi connectivity index (χ4v) is 0.797. The SMILES string of the molecule is CON(C)C(=O)C(C)(C)I. The third-order valence-corrected chi connectivity index (χ3v) is 1.53. The fraction of sp³-hybridized carbons (Fsp3) is 0.833. The van der Waals surface area contributed by atoms with Crippen molar-refractivity contribution in [1.29, 1.82) is 0 Å². The van der Waals surface area contributed by atoms with Crippen molar-refractivity contribution in [1.82, 2.24) is 5.06 Å². The Labute approximate surface area is 74.8 Å². The third-order valence-electron chi connectivity index (χ3n) is 1.07. The lowest BCUT2D eigenvalue weighted by Crippen LogP contribution is -2.38. The highest BCUT2D eigenvalue weighted by Crippen LogP contribution is 2.18. The average Bonchev–Trinajstić information content (AvgIpc) is 1.83. The summed E-state index contributed by atoms with van der Waals surface area (Å²) in [5, 5.41) is 1.23. The molecular weight excluding hydrogens is 245 g/mol. The number of hydrogen-bond acceptors (Lipinski definition) is 2. The van der Waals surface area contributed by atoms with Crippen molar-refractivity contribution in [2.45, 2.75) is 17.3 Å². The second-order valence-corrected chi connectivity index (χ2v) is 5.15. The summed E-state index contributed by atoms with van der Waals surface area (Å²) in [5.41, 5.74) is 0. The summed E-state index contributed by atoms with van der Waals surface area (Å²) in [4.78, 5) is 15.9. The molecular formula is C6H12INO2. The summed E-state index contributed by atoms with van der Waals surface area (Å²) in [7, 11) is 3.07. The summed E-state index contributed by atoms with van der Waals surface area (Å²) in [6.07, 6.45) is 0. The standard InChI is InChI=1S/C6H12INO2/c1-6(2,7)5(9)8(3)10-4/h1-4H3. The van der Waals surface area contributed by atoms with Crippen LogP contribution < -0.4 is 0 Å². The Kier molecular flexibility index (Phi) is 3.58. The van der Waals surface area contributed by atoms with Crippen LogP contribution in [0.2, 0.25) is 0 Å². The Morgan fingerprint density at radius 1 is 1.60 bits per heavy atom. The number of amides is 1. The zero-order valence-electron chi connectivity index (χ0n) is 6.64. The minimum atomic E-state index is -0.386. The molecule has 0 aliphatic rings. The predicted octanol–water partition coefficient (Wildman–Crippen LogP) is 1.22. The summed E-state index contributed by atoms with van der Waals surface area (Å²) in [5.74, 6) is -0.0319. The Bertz CT molecular complexity index is 130. The molecule has 1 amide bonds. The van der Waals surface area contributed by atoms with E-state index in [0.717, 1.165) is 0 Å². The molecule has 0 aromatic heterocycles. The van der Waals surface area contributed by atoms with E-state index in [9.17, 15) is 4.79 Å². The van der Waals surface area contributed by atoms with Gasteiger partial charge in [0.05, 0.1) is 10.5 Å². The number of carbonyl (C=O) groups excluding carboxylic acids is 1. The Morgan fingerprint density at radius 2 is 2.00 bits per heavy atom. The van der Waals surface area contributed by atoms with Gasteiger partial charge in [-0.25, -0.2) is 5.06 Å². The maximum absolute atomic E-state index is 11.2. The van der Waals surface area contributed by atoms with Gasteiger partial charge in [0.2, 0.25) is 0 Å². The smallest absolute Gasteiger partial charge is 0.261 e. The summed E-state index contributed by atoms with van der Waals surface area (Å²) < 4.78 is -0.386. The van der Waals surface area contributed by atoms with Crippen LogP contribution in [0.1, 0.15) is 13.8 Å². The van der Waals surface area contributed by atoms with Crippen molar-refractivity contribution in [3.8, 4) is 0 Å². The fourth-order valence-electron chi connectivity index (χ4n) is 0.457. The Balaban J connectivity index is 4.09. The van der Waals surface area contributed by atoms with Crippen LogP contribution in [0.4, 0.5) is 0 Å². The molecule has 0 heterocycles. The van der Waals surface area contributed by atoms with E-state index >= 15 is 0 Å². The van der Waals surface area contributed by atoms with E-state index in [-0.39, 0.29) is 9.33 Å². The van der Waals surface area contributed by atoms with E-state index in [0.29, 0.717) is 0 Å². The highest BCUT2D eigenvalue weighted by Gasteiger charge is 2.26. The Hall–Kier alpha value is 0.160. The number of nitrogens with zero attached hydrogens (tertiary/aromatic N) is 1. The van der Waals surface area contributed by atoms with Gasteiger partial charge in [-0.1, -0.05) is 22.6 Å². The molecule has 10 heavy (non-hydrogen) atoms. The van der Waals surface area contributed by atoms with Crippen LogP contribution in [0.25, 0.3) is 0 Å². The molecule has 0 N–H and O–H groups in total. The molecule has 0 atom stereocenters. The van der Waals surface area contributed by atoms with Crippen LogP contribution in [-0.2, 0) is 9.63 Å². The molecule has 0 aliphatic carbocycles. The van der Waals surface area contributed by atoms with E-state index in [1.54, 1.807) is 7.05 Å². The molecule has 0 saturated heterocycles. The normalized spacial score (nSPS) is 11.3. The first kappa shape index (κ1) is 10.2. The quantitative estimate of drug-likeness (QED) is 0.423. The van der Waals surface area contributed by atoms with Crippen LogP contribution in [-0.4, -0.2) is 28.5 Å². The monoisotopic (exact) mass is 257 g/mol. The maximum Gasteiger partial charge on any atom is 0.261 e. The molecule has 0 unspecified atom stereocenters. The molecule has 60 valence electrons. The summed E-state index contributed by atoms with van der Waals surface area (Å²) in [6, 6.07) is 0. The number of carbonyl (C=O) groups is 1. The third kappa shape index (κ3) is 2.83. The van der Waals surface area contributed by atoms with E-state index in [4.69, 9.17) is 4.84 Å². The highest BCUT2D eigenvalue weighted by molar-refractivity contribution is 14.1. The van der Waals surface area contributed by atoms with Gasteiger partial charge in [0.1, 0.15) is 0 Å². The molecule has 0 fully saturated rings. The van der Waals surface area contributed by atoms with Crippen molar-refractivity contribution in [2.75, 3.05) is 14.2 Å². The molecule has 0 bridgehead atoms. The second kappa shape index (κ2) is 3.52. The van der Waals surface area contributed by atoms with Crippen LogP contribution in [0.5, 0.6) is 0 Å². The zero-order chi connectivity index (χ0) is 8.36. The molecule has 0 aromatic rings. The first-order chi connectivity index (χ1) is 4.39.